The standard InChI is InChI=1S/C19H15F3N4O/c1-26(13-7-3-2-4-8-13)17(27)16-11-12-23-18(25-16)24-15-10-6-5-9-14(15)19(20,21)22/h2-12H,1H3,(H,23,24,25). The number of amides is 1. The number of halogens is 3. The average molecular weight is 372 g/mol. The molecule has 0 aliphatic carbocycles. The Morgan fingerprint density at radius 2 is 1.67 bits per heavy atom. The first-order valence-corrected chi connectivity index (χ1v) is 7.95. The molecule has 0 saturated carbocycles. The topological polar surface area (TPSA) is 58.1 Å². The Morgan fingerprint density at radius 1 is 1.00 bits per heavy atom. The van der Waals surface area contributed by atoms with E-state index in [1.54, 1.807) is 31.3 Å². The molecule has 0 spiro atoms. The van der Waals surface area contributed by atoms with E-state index in [0.717, 1.165) is 6.07 Å². The van der Waals surface area contributed by atoms with Gasteiger partial charge in [0.25, 0.3) is 5.91 Å². The molecule has 3 rings (SSSR count). The molecule has 1 amide bonds. The predicted molar refractivity (Wildman–Crippen MR) is 95.9 cm³/mol. The van der Waals surface area contributed by atoms with Crippen molar-refractivity contribution in [3.05, 3.63) is 78.1 Å². The van der Waals surface area contributed by atoms with Gasteiger partial charge in [0, 0.05) is 18.9 Å². The van der Waals surface area contributed by atoms with Crippen molar-refractivity contribution in [2.24, 2.45) is 0 Å². The van der Waals surface area contributed by atoms with Crippen molar-refractivity contribution in [3.63, 3.8) is 0 Å². The minimum Gasteiger partial charge on any atom is -0.324 e. The summed E-state index contributed by atoms with van der Waals surface area (Å²) in [5.41, 5.74) is -0.306. The van der Waals surface area contributed by atoms with Crippen LogP contribution in [0.1, 0.15) is 16.1 Å². The van der Waals surface area contributed by atoms with Gasteiger partial charge in [-0.05, 0) is 30.3 Å². The Hall–Kier alpha value is -3.42. The highest BCUT2D eigenvalue weighted by Crippen LogP contribution is 2.35. The lowest BCUT2D eigenvalue weighted by molar-refractivity contribution is -0.136. The summed E-state index contributed by atoms with van der Waals surface area (Å²) < 4.78 is 39.3. The molecule has 0 unspecified atom stereocenters. The van der Waals surface area contributed by atoms with Crippen LogP contribution in [0.15, 0.2) is 66.9 Å². The van der Waals surface area contributed by atoms with Gasteiger partial charge in [-0.3, -0.25) is 4.79 Å². The summed E-state index contributed by atoms with van der Waals surface area (Å²) in [6, 6.07) is 15.3. The molecule has 8 heteroatoms. The van der Waals surface area contributed by atoms with Gasteiger partial charge in [-0.25, -0.2) is 9.97 Å². The zero-order chi connectivity index (χ0) is 19.4. The van der Waals surface area contributed by atoms with Crippen LogP contribution in [0, 0.1) is 0 Å². The van der Waals surface area contributed by atoms with Crippen LogP contribution in [-0.4, -0.2) is 22.9 Å². The van der Waals surface area contributed by atoms with Crippen LogP contribution < -0.4 is 10.2 Å². The maximum absolute atomic E-state index is 13.1. The Morgan fingerprint density at radius 3 is 2.37 bits per heavy atom. The number of hydrogen-bond acceptors (Lipinski definition) is 4. The minimum absolute atomic E-state index is 0.0587. The molecule has 1 heterocycles. The number of benzene rings is 2. The fraction of sp³-hybridized carbons (Fsp3) is 0.105. The molecule has 5 nitrogen and oxygen atoms in total. The fourth-order valence-corrected chi connectivity index (χ4v) is 2.44. The number of carbonyl (C=O) groups is 1. The van der Waals surface area contributed by atoms with Crippen LogP contribution in [0.3, 0.4) is 0 Å². The Kier molecular flexibility index (Phi) is 5.07. The van der Waals surface area contributed by atoms with Crippen molar-refractivity contribution < 1.29 is 18.0 Å². The van der Waals surface area contributed by atoms with E-state index in [0.29, 0.717) is 5.69 Å². The molecule has 0 radical (unpaired) electrons. The van der Waals surface area contributed by atoms with Crippen LogP contribution in [-0.2, 0) is 6.18 Å². The first-order valence-electron chi connectivity index (χ1n) is 7.95. The monoisotopic (exact) mass is 372 g/mol. The summed E-state index contributed by atoms with van der Waals surface area (Å²) in [7, 11) is 1.59. The molecule has 0 atom stereocenters. The second-order valence-corrected chi connectivity index (χ2v) is 5.63. The summed E-state index contributed by atoms with van der Waals surface area (Å²) in [4.78, 5) is 22.0. The van der Waals surface area contributed by atoms with Gasteiger partial charge in [0.1, 0.15) is 5.69 Å². The van der Waals surface area contributed by atoms with E-state index in [1.807, 2.05) is 6.07 Å². The van der Waals surface area contributed by atoms with Gasteiger partial charge in [-0.15, -0.1) is 0 Å². The van der Waals surface area contributed by atoms with Crippen LogP contribution in [0.25, 0.3) is 0 Å². The SMILES string of the molecule is CN(C(=O)c1ccnc(Nc2ccccc2C(F)(F)F)n1)c1ccccc1. The van der Waals surface area contributed by atoms with Gasteiger partial charge >= 0.3 is 6.18 Å². The van der Waals surface area contributed by atoms with E-state index in [1.165, 1.54) is 35.4 Å². The van der Waals surface area contributed by atoms with Crippen molar-refractivity contribution in [2.45, 2.75) is 6.18 Å². The van der Waals surface area contributed by atoms with Crippen LogP contribution in [0.4, 0.5) is 30.5 Å². The smallest absolute Gasteiger partial charge is 0.324 e. The lowest BCUT2D eigenvalue weighted by atomic mass is 10.1. The fourth-order valence-electron chi connectivity index (χ4n) is 2.44. The molecule has 0 fully saturated rings. The number of nitrogens with one attached hydrogen (secondary N) is 1. The predicted octanol–water partition coefficient (Wildman–Crippen LogP) is 4.52. The van der Waals surface area contributed by atoms with E-state index < -0.39 is 17.6 Å². The van der Waals surface area contributed by atoms with E-state index in [-0.39, 0.29) is 17.3 Å². The first-order chi connectivity index (χ1) is 12.9. The first kappa shape index (κ1) is 18.4. The third kappa shape index (κ3) is 4.22. The summed E-state index contributed by atoms with van der Waals surface area (Å²) in [5, 5.41) is 2.54. The zero-order valence-electron chi connectivity index (χ0n) is 14.2. The lowest BCUT2D eigenvalue weighted by Crippen LogP contribution is -2.27. The van der Waals surface area contributed by atoms with Gasteiger partial charge in [-0.1, -0.05) is 30.3 Å². The van der Waals surface area contributed by atoms with E-state index in [2.05, 4.69) is 15.3 Å². The number of hydrogen-bond donors (Lipinski definition) is 1. The number of carbonyl (C=O) groups excluding carboxylic acids is 1. The van der Waals surface area contributed by atoms with Crippen molar-refractivity contribution in [3.8, 4) is 0 Å². The minimum atomic E-state index is -4.52. The van der Waals surface area contributed by atoms with Crippen molar-refractivity contribution in [1.29, 1.82) is 0 Å². The molecule has 0 aliphatic rings. The number of para-hydroxylation sites is 2. The molecule has 0 bridgehead atoms. The maximum Gasteiger partial charge on any atom is 0.418 e. The van der Waals surface area contributed by atoms with Gasteiger partial charge < -0.3 is 10.2 Å². The Bertz CT molecular complexity index is 945. The summed E-state index contributed by atoms with van der Waals surface area (Å²) >= 11 is 0. The maximum atomic E-state index is 13.1. The van der Waals surface area contributed by atoms with E-state index in [9.17, 15) is 18.0 Å². The van der Waals surface area contributed by atoms with Gasteiger partial charge in [0.05, 0.1) is 11.3 Å². The molecule has 1 N–H and O–H groups in total. The van der Waals surface area contributed by atoms with Gasteiger partial charge in [0.2, 0.25) is 5.95 Å². The number of rotatable bonds is 4. The van der Waals surface area contributed by atoms with E-state index in [4.69, 9.17) is 0 Å². The quantitative estimate of drug-likeness (QED) is 0.732. The third-order valence-electron chi connectivity index (χ3n) is 3.80. The lowest BCUT2D eigenvalue weighted by Gasteiger charge is -2.17. The molecule has 2 aromatic carbocycles. The second-order valence-electron chi connectivity index (χ2n) is 5.63. The van der Waals surface area contributed by atoms with Crippen molar-refractivity contribution in [1.82, 2.24) is 9.97 Å². The third-order valence-corrected chi connectivity index (χ3v) is 3.80. The molecule has 3 aromatic rings. The second kappa shape index (κ2) is 7.45. The van der Waals surface area contributed by atoms with Crippen molar-refractivity contribution >= 4 is 23.2 Å². The number of alkyl halides is 3. The van der Waals surface area contributed by atoms with Crippen LogP contribution in [0.5, 0.6) is 0 Å². The average Bonchev–Trinajstić information content (AvgIpc) is 2.67. The summed E-state index contributed by atoms with van der Waals surface area (Å²) in [5.74, 6) is -0.505. The Balaban J connectivity index is 1.86. The summed E-state index contributed by atoms with van der Waals surface area (Å²) in [6.45, 7) is 0. The largest absolute Gasteiger partial charge is 0.418 e. The molecule has 0 saturated heterocycles. The van der Waals surface area contributed by atoms with Crippen LogP contribution in [0.2, 0.25) is 0 Å². The summed E-state index contributed by atoms with van der Waals surface area (Å²) in [6.07, 6.45) is -3.21. The number of nitrogens with zero attached hydrogens (tertiary/aromatic N) is 3. The van der Waals surface area contributed by atoms with Crippen molar-refractivity contribution in [2.75, 3.05) is 17.3 Å². The molecular formula is C19H15F3N4O. The van der Waals surface area contributed by atoms with Gasteiger partial charge in [-0.2, -0.15) is 13.2 Å². The normalized spacial score (nSPS) is 11.1. The highest BCUT2D eigenvalue weighted by atomic mass is 19.4. The molecular weight excluding hydrogens is 357 g/mol. The zero-order valence-corrected chi connectivity index (χ0v) is 14.2. The van der Waals surface area contributed by atoms with Crippen LogP contribution >= 0.6 is 0 Å². The van der Waals surface area contributed by atoms with Gasteiger partial charge in [0.15, 0.2) is 0 Å². The number of anilines is 3. The molecule has 138 valence electrons. The highest BCUT2D eigenvalue weighted by molar-refractivity contribution is 6.04. The highest BCUT2D eigenvalue weighted by Gasteiger charge is 2.33. The number of aromatic nitrogens is 2. The molecule has 0 aliphatic heterocycles. The molecule has 1 aromatic heterocycles. The Labute approximate surface area is 153 Å². The molecule has 27 heavy (non-hydrogen) atoms. The van der Waals surface area contributed by atoms with E-state index >= 15 is 0 Å².